The van der Waals surface area contributed by atoms with Gasteiger partial charge < -0.3 is 5.11 Å². The van der Waals surface area contributed by atoms with E-state index in [2.05, 4.69) is 9.97 Å². The summed E-state index contributed by atoms with van der Waals surface area (Å²) in [5.41, 5.74) is 2.90. The average molecular weight is 288 g/mol. The summed E-state index contributed by atoms with van der Waals surface area (Å²) in [7, 11) is 0. The number of carbonyl (C=O) groups is 1. The highest BCUT2D eigenvalue weighted by atomic mass is 16.4. The molecule has 0 aromatic carbocycles. The number of hydrogen-bond acceptors (Lipinski definition) is 4. The third-order valence-corrected chi connectivity index (χ3v) is 4.23. The second-order valence-corrected chi connectivity index (χ2v) is 5.96. The molecule has 0 amide bonds. The lowest BCUT2D eigenvalue weighted by Crippen LogP contribution is -2.38. The van der Waals surface area contributed by atoms with E-state index in [1.165, 1.54) is 0 Å². The summed E-state index contributed by atoms with van der Waals surface area (Å²) in [5.74, 6) is 0.122. The standard InChI is InChI=1S/C15H20N4O2/c1-9-4-5-18(13(9)14(20)21)7-12-8-19-11(3)6-10(2)16-15(19)17-12/h6,8-9,13H,4-5,7H2,1-3H3,(H,20,21). The van der Waals surface area contributed by atoms with E-state index in [9.17, 15) is 9.90 Å². The molecule has 0 saturated carbocycles. The second-order valence-electron chi connectivity index (χ2n) is 5.96. The van der Waals surface area contributed by atoms with Gasteiger partial charge in [-0.2, -0.15) is 0 Å². The zero-order valence-corrected chi connectivity index (χ0v) is 12.6. The van der Waals surface area contributed by atoms with Gasteiger partial charge in [-0.05, 0) is 38.8 Å². The van der Waals surface area contributed by atoms with Crippen LogP contribution in [0.2, 0.25) is 0 Å². The molecule has 2 aromatic rings. The van der Waals surface area contributed by atoms with Gasteiger partial charge in [0.25, 0.3) is 0 Å². The molecule has 1 saturated heterocycles. The second kappa shape index (κ2) is 5.11. The number of carboxylic acid groups (broad SMARTS) is 1. The molecule has 112 valence electrons. The minimum Gasteiger partial charge on any atom is -0.480 e. The molecular weight excluding hydrogens is 268 g/mol. The van der Waals surface area contributed by atoms with Gasteiger partial charge in [-0.3, -0.25) is 14.1 Å². The number of carboxylic acids is 1. The van der Waals surface area contributed by atoms with E-state index in [0.717, 1.165) is 30.0 Å². The van der Waals surface area contributed by atoms with Crippen molar-refractivity contribution in [2.45, 2.75) is 39.8 Å². The molecule has 2 unspecified atom stereocenters. The van der Waals surface area contributed by atoms with Crippen LogP contribution in [0.1, 0.15) is 30.4 Å². The number of aliphatic carboxylic acids is 1. The normalized spacial score (nSPS) is 23.0. The molecule has 1 aliphatic heterocycles. The van der Waals surface area contributed by atoms with E-state index in [1.807, 2.05) is 42.3 Å². The first kappa shape index (κ1) is 14.0. The maximum Gasteiger partial charge on any atom is 0.321 e. The fourth-order valence-corrected chi connectivity index (χ4v) is 3.21. The molecule has 0 aliphatic carbocycles. The highest BCUT2D eigenvalue weighted by Gasteiger charge is 2.36. The van der Waals surface area contributed by atoms with Gasteiger partial charge in [0, 0.05) is 24.1 Å². The molecule has 0 spiro atoms. The van der Waals surface area contributed by atoms with Crippen LogP contribution < -0.4 is 0 Å². The first-order valence-corrected chi connectivity index (χ1v) is 7.25. The molecule has 0 bridgehead atoms. The molecule has 6 heteroatoms. The topological polar surface area (TPSA) is 70.7 Å². The van der Waals surface area contributed by atoms with Crippen molar-refractivity contribution in [3.05, 3.63) is 29.3 Å². The minimum absolute atomic E-state index is 0.182. The number of aromatic nitrogens is 3. The minimum atomic E-state index is -0.742. The largest absolute Gasteiger partial charge is 0.480 e. The summed E-state index contributed by atoms with van der Waals surface area (Å²) >= 11 is 0. The van der Waals surface area contributed by atoms with Crippen LogP contribution in [0.4, 0.5) is 0 Å². The summed E-state index contributed by atoms with van der Waals surface area (Å²) in [6.45, 7) is 7.33. The Morgan fingerprint density at radius 2 is 2.19 bits per heavy atom. The maximum atomic E-state index is 11.4. The van der Waals surface area contributed by atoms with Gasteiger partial charge in [-0.25, -0.2) is 9.97 Å². The number of fused-ring (bicyclic) bond motifs is 1. The van der Waals surface area contributed by atoms with Crippen LogP contribution in [0.5, 0.6) is 0 Å². The van der Waals surface area contributed by atoms with E-state index >= 15 is 0 Å². The Kier molecular flexibility index (Phi) is 3.41. The van der Waals surface area contributed by atoms with Crippen molar-refractivity contribution in [1.29, 1.82) is 0 Å². The average Bonchev–Trinajstić information content (AvgIpc) is 2.93. The number of hydrogen-bond donors (Lipinski definition) is 1. The Balaban J connectivity index is 1.88. The van der Waals surface area contributed by atoms with Crippen LogP contribution in [0, 0.1) is 19.8 Å². The molecule has 1 fully saturated rings. The number of aryl methyl sites for hydroxylation is 2. The van der Waals surface area contributed by atoms with E-state index < -0.39 is 12.0 Å². The van der Waals surface area contributed by atoms with Gasteiger partial charge in [-0.15, -0.1) is 0 Å². The molecule has 3 rings (SSSR count). The Morgan fingerprint density at radius 3 is 2.90 bits per heavy atom. The van der Waals surface area contributed by atoms with Gasteiger partial charge in [0.05, 0.1) is 5.69 Å². The number of imidazole rings is 1. The van der Waals surface area contributed by atoms with Crippen LogP contribution in [0.25, 0.3) is 5.78 Å². The maximum absolute atomic E-state index is 11.4. The predicted octanol–water partition coefficient (Wildman–Crippen LogP) is 1.64. The molecule has 21 heavy (non-hydrogen) atoms. The number of rotatable bonds is 3. The Morgan fingerprint density at radius 1 is 1.43 bits per heavy atom. The molecule has 3 heterocycles. The molecule has 1 N–H and O–H groups in total. The fourth-order valence-electron chi connectivity index (χ4n) is 3.21. The van der Waals surface area contributed by atoms with Crippen molar-refractivity contribution in [1.82, 2.24) is 19.3 Å². The molecule has 2 atom stereocenters. The van der Waals surface area contributed by atoms with Crippen molar-refractivity contribution >= 4 is 11.7 Å². The van der Waals surface area contributed by atoms with E-state index in [1.54, 1.807) is 0 Å². The monoisotopic (exact) mass is 288 g/mol. The number of likely N-dealkylation sites (tertiary alicyclic amines) is 1. The van der Waals surface area contributed by atoms with Crippen LogP contribution in [-0.4, -0.2) is 42.9 Å². The number of nitrogens with zero attached hydrogens (tertiary/aromatic N) is 4. The van der Waals surface area contributed by atoms with Crippen molar-refractivity contribution in [3.8, 4) is 0 Å². The molecule has 0 radical (unpaired) electrons. The van der Waals surface area contributed by atoms with E-state index in [0.29, 0.717) is 12.3 Å². The van der Waals surface area contributed by atoms with Gasteiger partial charge in [0.15, 0.2) is 0 Å². The molecular formula is C15H20N4O2. The van der Waals surface area contributed by atoms with Crippen LogP contribution >= 0.6 is 0 Å². The highest BCUT2D eigenvalue weighted by Crippen LogP contribution is 2.25. The Hall–Kier alpha value is -1.95. The molecule has 1 aliphatic rings. The zero-order chi connectivity index (χ0) is 15.1. The van der Waals surface area contributed by atoms with E-state index in [4.69, 9.17) is 0 Å². The lowest BCUT2D eigenvalue weighted by atomic mass is 10.0. The summed E-state index contributed by atoms with van der Waals surface area (Å²) < 4.78 is 1.96. The lowest BCUT2D eigenvalue weighted by Gasteiger charge is -2.21. The summed E-state index contributed by atoms with van der Waals surface area (Å²) in [6.07, 6.45) is 2.87. The van der Waals surface area contributed by atoms with Crippen LogP contribution in [-0.2, 0) is 11.3 Å². The Bertz CT molecular complexity index is 694. The summed E-state index contributed by atoms with van der Waals surface area (Å²) in [5, 5.41) is 9.37. The van der Waals surface area contributed by atoms with Crippen molar-refractivity contribution < 1.29 is 9.90 Å². The predicted molar refractivity (Wildman–Crippen MR) is 78.1 cm³/mol. The third kappa shape index (κ3) is 2.51. The van der Waals surface area contributed by atoms with Crippen molar-refractivity contribution in [2.75, 3.05) is 6.54 Å². The fraction of sp³-hybridized carbons (Fsp3) is 0.533. The van der Waals surface area contributed by atoms with E-state index in [-0.39, 0.29) is 5.92 Å². The Labute approximate surface area is 123 Å². The van der Waals surface area contributed by atoms with Crippen molar-refractivity contribution in [3.63, 3.8) is 0 Å². The SMILES string of the molecule is Cc1cc(C)n2cc(CN3CCC(C)C3C(=O)O)nc2n1. The zero-order valence-electron chi connectivity index (χ0n) is 12.6. The molecule has 2 aromatic heterocycles. The van der Waals surface area contributed by atoms with Gasteiger partial charge in [0.2, 0.25) is 5.78 Å². The van der Waals surface area contributed by atoms with Gasteiger partial charge in [0.1, 0.15) is 6.04 Å². The summed E-state index contributed by atoms with van der Waals surface area (Å²) in [6, 6.07) is 1.60. The third-order valence-electron chi connectivity index (χ3n) is 4.23. The van der Waals surface area contributed by atoms with Crippen LogP contribution in [0.3, 0.4) is 0 Å². The van der Waals surface area contributed by atoms with Gasteiger partial charge in [-0.1, -0.05) is 6.92 Å². The molecule has 6 nitrogen and oxygen atoms in total. The highest BCUT2D eigenvalue weighted by molar-refractivity contribution is 5.74. The first-order valence-electron chi connectivity index (χ1n) is 7.25. The van der Waals surface area contributed by atoms with Crippen molar-refractivity contribution in [2.24, 2.45) is 5.92 Å². The van der Waals surface area contributed by atoms with Gasteiger partial charge >= 0.3 is 5.97 Å². The quantitative estimate of drug-likeness (QED) is 0.929. The lowest BCUT2D eigenvalue weighted by molar-refractivity contribution is -0.143. The van der Waals surface area contributed by atoms with Crippen LogP contribution in [0.15, 0.2) is 12.3 Å². The first-order chi connectivity index (χ1) is 9.95. The smallest absolute Gasteiger partial charge is 0.321 e. The summed E-state index contributed by atoms with van der Waals surface area (Å²) in [4.78, 5) is 22.4.